The van der Waals surface area contributed by atoms with Gasteiger partial charge in [0.25, 0.3) is 0 Å². The third-order valence-corrected chi connectivity index (χ3v) is 3.52. The number of hydrogen-bond donors (Lipinski definition) is 0. The first-order valence-electron chi connectivity index (χ1n) is 3.06. The molecule has 0 aromatic carbocycles. The molecule has 0 nitrogen and oxygen atoms in total. The molecule has 0 saturated heterocycles. The van der Waals surface area contributed by atoms with Gasteiger partial charge in [-0.1, -0.05) is 30.6 Å². The Kier molecular flexibility index (Phi) is 4.29. The summed E-state index contributed by atoms with van der Waals surface area (Å²) in [6, 6.07) is 0. The summed E-state index contributed by atoms with van der Waals surface area (Å²) in [7, 11) is 1.13. The van der Waals surface area contributed by atoms with E-state index in [1.807, 2.05) is 0 Å². The Bertz CT molecular complexity index is 84.7. The summed E-state index contributed by atoms with van der Waals surface area (Å²) in [5, 5.41) is 2.54. The fraction of sp³-hybridized carbons (Fsp3) is 0.667. The summed E-state index contributed by atoms with van der Waals surface area (Å²) < 4.78 is 0. The Balaban J connectivity index is 3.83. The Morgan fingerprint density at radius 1 is 1.38 bits per heavy atom. The molecule has 0 aliphatic rings. The minimum atomic E-state index is 1.01. The number of halogens is 1. The van der Waals surface area contributed by atoms with Crippen LogP contribution in [0, 0.1) is 0 Å². The first-order chi connectivity index (χ1) is 3.72. The molecule has 0 spiro atoms. The molecule has 0 N–H and O–H groups in total. The Labute approximate surface area is 59.3 Å². The zero-order chi connectivity index (χ0) is 6.57. The molecule has 0 radical (unpaired) electrons. The van der Waals surface area contributed by atoms with E-state index in [1.165, 1.54) is 5.20 Å². The van der Waals surface area contributed by atoms with Gasteiger partial charge >= 0.3 is 0 Å². The van der Waals surface area contributed by atoms with E-state index in [2.05, 4.69) is 13.8 Å². The van der Waals surface area contributed by atoms with E-state index in [0.29, 0.717) is 0 Å². The van der Waals surface area contributed by atoms with Crippen LogP contribution in [-0.4, -0.2) is 10.2 Å². The molecule has 0 saturated carbocycles. The topological polar surface area (TPSA) is 0 Å². The highest BCUT2D eigenvalue weighted by molar-refractivity contribution is 6.36. The highest BCUT2D eigenvalue weighted by Gasteiger charge is 1.90. The summed E-state index contributed by atoms with van der Waals surface area (Å²) >= 11 is 5.83. The lowest BCUT2D eigenvalue weighted by molar-refractivity contribution is 1.11. The van der Waals surface area contributed by atoms with Gasteiger partial charge < -0.3 is 0 Å². The van der Waals surface area contributed by atoms with Crippen molar-refractivity contribution in [1.29, 1.82) is 0 Å². The van der Waals surface area contributed by atoms with Crippen molar-refractivity contribution in [2.24, 2.45) is 0 Å². The van der Waals surface area contributed by atoms with Crippen LogP contribution in [0.1, 0.15) is 26.7 Å². The van der Waals surface area contributed by atoms with Crippen LogP contribution in [0.3, 0.4) is 0 Å². The molecule has 0 aromatic heterocycles. The fourth-order valence-corrected chi connectivity index (χ4v) is 0.981. The quantitative estimate of drug-likeness (QED) is 0.523. The van der Waals surface area contributed by atoms with Crippen molar-refractivity contribution in [3.63, 3.8) is 0 Å². The molecule has 0 aromatic rings. The minimum Gasteiger partial charge on any atom is -0.0897 e. The SMILES string of the molecule is CCC([SiH3])=C(Cl)CC. The monoisotopic (exact) mass is 148 g/mol. The van der Waals surface area contributed by atoms with Crippen molar-refractivity contribution in [2.75, 3.05) is 0 Å². The second kappa shape index (κ2) is 4.16. The molecule has 0 aliphatic carbocycles. The predicted octanol–water partition coefficient (Wildman–Crippen LogP) is 1.62. The molecule has 0 aliphatic heterocycles. The minimum absolute atomic E-state index is 1.01. The standard InChI is InChI=1S/C6H13ClSi/c1-3-5(7)6(8)4-2/h3-4H2,1-2,8H3. The van der Waals surface area contributed by atoms with E-state index in [9.17, 15) is 0 Å². The summed E-state index contributed by atoms with van der Waals surface area (Å²) in [5.74, 6) is 0. The first-order valence-corrected chi connectivity index (χ1v) is 4.44. The Morgan fingerprint density at radius 2 is 1.88 bits per heavy atom. The van der Waals surface area contributed by atoms with Gasteiger partial charge in [-0.3, -0.25) is 0 Å². The van der Waals surface area contributed by atoms with E-state index < -0.39 is 0 Å². The molecule has 0 fully saturated rings. The molecule has 8 heavy (non-hydrogen) atoms. The molecule has 2 heteroatoms. The third-order valence-electron chi connectivity index (χ3n) is 1.30. The molecule has 0 atom stereocenters. The van der Waals surface area contributed by atoms with Gasteiger partial charge in [-0.25, -0.2) is 0 Å². The summed E-state index contributed by atoms with van der Waals surface area (Å²) in [6.45, 7) is 4.25. The maximum atomic E-state index is 5.83. The molecular formula is C6H13ClSi. The molecule has 0 unspecified atom stereocenters. The van der Waals surface area contributed by atoms with Crippen LogP contribution < -0.4 is 0 Å². The smallest absolute Gasteiger partial charge is 0.0348 e. The first kappa shape index (κ1) is 8.25. The second-order valence-corrected chi connectivity index (χ2v) is 3.56. The van der Waals surface area contributed by atoms with Gasteiger partial charge in [-0.2, -0.15) is 0 Å². The van der Waals surface area contributed by atoms with Gasteiger partial charge in [-0.15, -0.1) is 0 Å². The zero-order valence-corrected chi connectivity index (χ0v) is 8.55. The average molecular weight is 149 g/mol. The van der Waals surface area contributed by atoms with Gasteiger partial charge in [0.05, 0.1) is 0 Å². The number of allylic oxidation sites excluding steroid dienone is 2. The van der Waals surface area contributed by atoms with Crippen molar-refractivity contribution in [2.45, 2.75) is 26.7 Å². The van der Waals surface area contributed by atoms with Crippen molar-refractivity contribution >= 4 is 21.8 Å². The van der Waals surface area contributed by atoms with Crippen molar-refractivity contribution < 1.29 is 0 Å². The largest absolute Gasteiger partial charge is 0.0897 e. The lowest BCUT2D eigenvalue weighted by Gasteiger charge is -1.96. The van der Waals surface area contributed by atoms with Gasteiger partial charge in [0, 0.05) is 15.3 Å². The predicted molar refractivity (Wildman–Crippen MR) is 43.4 cm³/mol. The maximum Gasteiger partial charge on any atom is 0.0348 e. The zero-order valence-electron chi connectivity index (χ0n) is 5.79. The van der Waals surface area contributed by atoms with E-state index in [-0.39, 0.29) is 0 Å². The molecule has 48 valence electrons. The van der Waals surface area contributed by atoms with Crippen LogP contribution in [0.2, 0.25) is 0 Å². The van der Waals surface area contributed by atoms with Gasteiger partial charge in [-0.05, 0) is 12.8 Å². The molecule has 0 amide bonds. The van der Waals surface area contributed by atoms with Crippen molar-refractivity contribution in [3.8, 4) is 0 Å². The van der Waals surface area contributed by atoms with Crippen molar-refractivity contribution in [1.82, 2.24) is 0 Å². The van der Waals surface area contributed by atoms with Crippen LogP contribution in [0.15, 0.2) is 10.2 Å². The molecule has 0 heterocycles. The van der Waals surface area contributed by atoms with Gasteiger partial charge in [0.2, 0.25) is 0 Å². The van der Waals surface area contributed by atoms with Crippen molar-refractivity contribution in [3.05, 3.63) is 10.2 Å². The van der Waals surface area contributed by atoms with Gasteiger partial charge in [0.15, 0.2) is 0 Å². The highest BCUT2D eigenvalue weighted by Crippen LogP contribution is 2.12. The molecule has 0 rings (SSSR count). The van der Waals surface area contributed by atoms with Crippen LogP contribution >= 0.6 is 11.6 Å². The average Bonchev–Trinajstić information content (AvgIpc) is 1.84. The molecular weight excluding hydrogens is 136 g/mol. The maximum absolute atomic E-state index is 5.83. The summed E-state index contributed by atoms with van der Waals surface area (Å²) in [4.78, 5) is 0. The Hall–Kier alpha value is 0.247. The van der Waals surface area contributed by atoms with Crippen LogP contribution in [0.5, 0.6) is 0 Å². The van der Waals surface area contributed by atoms with Crippen LogP contribution in [-0.2, 0) is 0 Å². The van der Waals surface area contributed by atoms with Gasteiger partial charge in [0.1, 0.15) is 0 Å². The van der Waals surface area contributed by atoms with E-state index in [0.717, 1.165) is 28.1 Å². The van der Waals surface area contributed by atoms with Crippen LogP contribution in [0.25, 0.3) is 0 Å². The normalized spacial score (nSPS) is 13.9. The number of rotatable bonds is 2. The van der Waals surface area contributed by atoms with E-state index >= 15 is 0 Å². The summed E-state index contributed by atoms with van der Waals surface area (Å²) in [5.41, 5.74) is 0. The third kappa shape index (κ3) is 2.53. The molecule has 0 bridgehead atoms. The fourth-order valence-electron chi connectivity index (χ4n) is 0.494. The lowest BCUT2D eigenvalue weighted by Crippen LogP contribution is -1.81. The van der Waals surface area contributed by atoms with Crippen LogP contribution in [0.4, 0.5) is 0 Å². The lowest BCUT2D eigenvalue weighted by atomic mass is 10.3. The van der Waals surface area contributed by atoms with E-state index in [1.54, 1.807) is 0 Å². The number of hydrogen-bond acceptors (Lipinski definition) is 0. The van der Waals surface area contributed by atoms with E-state index in [4.69, 9.17) is 11.6 Å². The second-order valence-electron chi connectivity index (χ2n) is 1.89. The Morgan fingerprint density at radius 3 is 2.00 bits per heavy atom. The highest BCUT2D eigenvalue weighted by atomic mass is 35.5. The summed E-state index contributed by atoms with van der Waals surface area (Å²) in [6.07, 6.45) is 2.15.